The Hall–Kier alpha value is -2.84. The van der Waals surface area contributed by atoms with Gasteiger partial charge in [-0.3, -0.25) is 19.5 Å². The largest absolute Gasteiger partial charge is 0.353 e. The van der Waals surface area contributed by atoms with Crippen molar-refractivity contribution in [3.8, 4) is 0 Å². The number of carbonyl (C=O) groups is 3. The normalized spacial score (nSPS) is 15.3. The molecule has 40 heavy (non-hydrogen) atoms. The lowest BCUT2D eigenvalue weighted by Gasteiger charge is -2.14. The average Bonchev–Trinajstić information content (AvgIpc) is 3.49. The molecule has 8 heteroatoms. The highest BCUT2D eigenvalue weighted by molar-refractivity contribution is 9.10. The summed E-state index contributed by atoms with van der Waals surface area (Å²) in [6.07, 6.45) is 12.6. The van der Waals surface area contributed by atoms with Crippen molar-refractivity contribution in [1.82, 2.24) is 14.9 Å². The molecule has 1 saturated carbocycles. The summed E-state index contributed by atoms with van der Waals surface area (Å²) in [7, 11) is 1.45. The third-order valence-corrected chi connectivity index (χ3v) is 6.95. The number of H-pyrrole nitrogens is 1. The fraction of sp³-hybridized carbons (Fsp3) is 0.500. The number of amides is 2. The van der Waals surface area contributed by atoms with Gasteiger partial charge in [0.05, 0.1) is 11.2 Å². The number of imide groups is 1. The van der Waals surface area contributed by atoms with E-state index in [4.69, 9.17) is 5.73 Å². The summed E-state index contributed by atoms with van der Waals surface area (Å²) in [5.41, 5.74) is 9.46. The second-order valence-corrected chi connectivity index (χ2v) is 10.7. The molecule has 0 saturated heterocycles. The molecule has 1 fully saturated rings. The molecule has 5 rings (SSSR count). The number of benzene rings is 1. The molecule has 3 aromatic rings. The smallest absolute Gasteiger partial charge is 0.253 e. The van der Waals surface area contributed by atoms with Gasteiger partial charge in [-0.15, -0.1) is 0 Å². The van der Waals surface area contributed by atoms with Crippen LogP contribution in [0.15, 0.2) is 47.1 Å². The van der Waals surface area contributed by atoms with E-state index in [-0.39, 0.29) is 17.9 Å². The van der Waals surface area contributed by atoms with Gasteiger partial charge in [0.25, 0.3) is 11.8 Å². The number of aldehydes is 1. The van der Waals surface area contributed by atoms with Crippen LogP contribution in [0.5, 0.6) is 0 Å². The van der Waals surface area contributed by atoms with Crippen LogP contribution < -0.4 is 5.73 Å². The van der Waals surface area contributed by atoms with Crippen LogP contribution in [0.1, 0.15) is 91.8 Å². The zero-order valence-corrected chi connectivity index (χ0v) is 26.8. The number of hydrogen-bond donors (Lipinski definition) is 2. The fourth-order valence-corrected chi connectivity index (χ4v) is 4.83. The lowest BCUT2D eigenvalue weighted by molar-refractivity contribution is -0.135. The highest BCUT2D eigenvalue weighted by Crippen LogP contribution is 2.31. The van der Waals surface area contributed by atoms with E-state index in [0.717, 1.165) is 51.6 Å². The van der Waals surface area contributed by atoms with Gasteiger partial charge >= 0.3 is 0 Å². The Morgan fingerprint density at radius 1 is 1.02 bits per heavy atom. The first kappa shape index (κ1) is 35.2. The maximum absolute atomic E-state index is 10.4. The van der Waals surface area contributed by atoms with Gasteiger partial charge in [0, 0.05) is 58.1 Å². The highest BCUT2D eigenvalue weighted by Gasteiger charge is 2.17. The van der Waals surface area contributed by atoms with Crippen molar-refractivity contribution >= 4 is 55.8 Å². The molecule has 0 bridgehead atoms. The van der Waals surface area contributed by atoms with Crippen molar-refractivity contribution in [2.45, 2.75) is 86.1 Å². The van der Waals surface area contributed by atoms with E-state index < -0.39 is 0 Å². The monoisotopic (exact) mass is 614 g/mol. The van der Waals surface area contributed by atoms with Crippen molar-refractivity contribution in [3.05, 3.63) is 52.8 Å². The Labute approximate surface area is 248 Å². The molecule has 0 spiro atoms. The fourth-order valence-electron chi connectivity index (χ4n) is 4.47. The van der Waals surface area contributed by atoms with Crippen molar-refractivity contribution in [1.29, 1.82) is 0 Å². The average molecular weight is 616 g/mol. The van der Waals surface area contributed by atoms with Gasteiger partial charge in [-0.25, -0.2) is 0 Å². The summed E-state index contributed by atoms with van der Waals surface area (Å²) >= 11 is 3.51. The van der Waals surface area contributed by atoms with Gasteiger partial charge in [0.2, 0.25) is 0 Å². The van der Waals surface area contributed by atoms with E-state index in [9.17, 15) is 14.4 Å². The van der Waals surface area contributed by atoms with E-state index >= 15 is 0 Å². The van der Waals surface area contributed by atoms with Crippen molar-refractivity contribution in [3.63, 3.8) is 0 Å². The number of carbonyl (C=O) groups excluding carboxylic acids is 3. The standard InChI is InChI=1S/C16H18BrN3.C7H12O.C5H5NO2.2C2H6/c1-9(2)7-13(18)16-15-12(5-6-19-16)11-4-3-10(17)8-14(11)20-15;8-6-7-4-2-1-3-5-7;1-6-4(7)2-3-5(6)8;2*1-2/h3-6,8-9,13,20H,7,18H2,1-2H3;6-7H,1-5H2;2-3H,1H3;2*1-2H3. The van der Waals surface area contributed by atoms with Gasteiger partial charge in [0.15, 0.2) is 0 Å². The number of pyridine rings is 1. The molecule has 0 radical (unpaired) electrons. The first-order valence-electron chi connectivity index (χ1n) is 14.5. The number of nitrogens with two attached hydrogens (primary N) is 1. The summed E-state index contributed by atoms with van der Waals surface area (Å²) in [5.74, 6) is 0.481. The predicted octanol–water partition coefficient (Wildman–Crippen LogP) is 7.88. The summed E-state index contributed by atoms with van der Waals surface area (Å²) in [6, 6.07) is 8.29. The van der Waals surface area contributed by atoms with Crippen molar-refractivity contribution < 1.29 is 14.4 Å². The van der Waals surface area contributed by atoms with Crippen LogP contribution in [0.2, 0.25) is 0 Å². The number of hydrogen-bond acceptors (Lipinski definition) is 5. The molecule has 1 unspecified atom stereocenters. The van der Waals surface area contributed by atoms with Crippen LogP contribution in [-0.2, 0) is 14.4 Å². The van der Waals surface area contributed by atoms with E-state index in [0.29, 0.717) is 11.8 Å². The molecule has 220 valence electrons. The van der Waals surface area contributed by atoms with Crippen molar-refractivity contribution in [2.75, 3.05) is 7.05 Å². The summed E-state index contributed by atoms with van der Waals surface area (Å²) < 4.78 is 1.07. The molecule has 2 aliphatic rings. The zero-order valence-electron chi connectivity index (χ0n) is 25.2. The molecule has 7 nitrogen and oxygen atoms in total. The van der Waals surface area contributed by atoms with Gasteiger partial charge in [-0.1, -0.05) is 82.8 Å². The molecule has 1 aromatic carbocycles. The maximum Gasteiger partial charge on any atom is 0.253 e. The Balaban J connectivity index is 0.000000331. The number of halogens is 1. The summed E-state index contributed by atoms with van der Waals surface area (Å²) in [5, 5.41) is 2.40. The highest BCUT2D eigenvalue weighted by atomic mass is 79.9. The summed E-state index contributed by atoms with van der Waals surface area (Å²) in [6.45, 7) is 12.4. The van der Waals surface area contributed by atoms with Crippen molar-refractivity contribution in [2.24, 2.45) is 17.6 Å². The van der Waals surface area contributed by atoms with E-state index in [1.165, 1.54) is 49.2 Å². The van der Waals surface area contributed by atoms with Crippen LogP contribution in [0.25, 0.3) is 21.8 Å². The Bertz CT molecular complexity index is 1230. The van der Waals surface area contributed by atoms with Gasteiger partial charge in [-0.05, 0) is 43.4 Å². The number of aromatic nitrogens is 2. The summed E-state index contributed by atoms with van der Waals surface area (Å²) in [4.78, 5) is 40.0. The molecule has 3 N–H and O–H groups in total. The van der Waals surface area contributed by atoms with Crippen LogP contribution >= 0.6 is 15.9 Å². The van der Waals surface area contributed by atoms with Crippen LogP contribution in [0.3, 0.4) is 0 Å². The topological polar surface area (TPSA) is 109 Å². The lowest BCUT2D eigenvalue weighted by Crippen LogP contribution is -2.24. The van der Waals surface area contributed by atoms with E-state index in [2.05, 4.69) is 57.9 Å². The van der Waals surface area contributed by atoms with E-state index in [1.54, 1.807) is 0 Å². The third-order valence-electron chi connectivity index (χ3n) is 6.46. The molecular weight excluding hydrogens is 568 g/mol. The van der Waals surface area contributed by atoms with Gasteiger partial charge < -0.3 is 15.5 Å². The molecule has 3 heterocycles. The quantitative estimate of drug-likeness (QED) is 0.229. The zero-order chi connectivity index (χ0) is 30.2. The molecule has 1 aliphatic heterocycles. The maximum atomic E-state index is 10.4. The number of fused-ring (bicyclic) bond motifs is 3. The number of aromatic amines is 1. The Kier molecular flexibility index (Phi) is 16.3. The van der Waals surface area contributed by atoms with E-state index in [1.807, 2.05) is 40.0 Å². The second kappa shape index (κ2) is 18.5. The van der Waals surface area contributed by atoms with Crippen LogP contribution in [0.4, 0.5) is 0 Å². The molecular formula is C32H47BrN4O3. The lowest BCUT2D eigenvalue weighted by atomic mass is 9.91. The minimum Gasteiger partial charge on any atom is -0.353 e. The number of rotatable bonds is 4. The second-order valence-electron chi connectivity index (χ2n) is 9.77. The first-order chi connectivity index (χ1) is 19.2. The van der Waals surface area contributed by atoms with Gasteiger partial charge in [0.1, 0.15) is 6.29 Å². The first-order valence-corrected chi connectivity index (χ1v) is 15.3. The third kappa shape index (κ3) is 10.3. The van der Waals surface area contributed by atoms with Gasteiger partial charge in [-0.2, -0.15) is 0 Å². The minimum atomic E-state index is -0.241. The molecule has 1 aliphatic carbocycles. The number of likely N-dealkylation sites (N-methyl/N-ethyl adjacent to an activating group) is 1. The Morgan fingerprint density at radius 3 is 2.10 bits per heavy atom. The number of nitrogens with zero attached hydrogens (tertiary/aromatic N) is 2. The Morgan fingerprint density at radius 2 is 1.62 bits per heavy atom. The van der Waals surface area contributed by atoms with Crippen LogP contribution in [-0.4, -0.2) is 40.0 Å². The van der Waals surface area contributed by atoms with Crippen LogP contribution in [0, 0.1) is 11.8 Å². The predicted molar refractivity (Wildman–Crippen MR) is 170 cm³/mol. The SMILES string of the molecule is CC.CC.CC(C)CC(N)c1nccc2c1[nH]c1cc(Br)ccc12.CN1C(=O)C=CC1=O.O=CC1CCCCC1. The molecule has 2 aromatic heterocycles. The number of nitrogens with one attached hydrogen (secondary N) is 1. The minimum absolute atomic E-state index is 0.0322. The molecule has 2 amide bonds. The molecule has 1 atom stereocenters.